The van der Waals surface area contributed by atoms with E-state index in [9.17, 15) is 14.9 Å². The van der Waals surface area contributed by atoms with E-state index in [0.717, 1.165) is 11.1 Å². The Hall–Kier alpha value is -3.42. The van der Waals surface area contributed by atoms with E-state index in [0.29, 0.717) is 28.3 Å². The molecule has 1 amide bonds. The van der Waals surface area contributed by atoms with E-state index in [4.69, 9.17) is 9.47 Å². The number of nitrogens with one attached hydrogen (secondary N) is 1. The summed E-state index contributed by atoms with van der Waals surface area (Å²) in [5, 5.41) is 15.2. The Kier molecular flexibility index (Phi) is 3.38. The molecule has 0 saturated carbocycles. The van der Waals surface area contributed by atoms with Crippen molar-refractivity contribution in [1.29, 1.82) is 0 Å². The van der Waals surface area contributed by atoms with E-state index in [1.807, 2.05) is 0 Å². The van der Waals surface area contributed by atoms with Gasteiger partial charge in [-0.25, -0.2) is 5.43 Å². The molecule has 2 aromatic carbocycles. The predicted molar refractivity (Wildman–Crippen MR) is 87.9 cm³/mol. The van der Waals surface area contributed by atoms with Crippen LogP contribution in [0.4, 0.5) is 5.69 Å². The molecular formula is C17H13N3O5. The van der Waals surface area contributed by atoms with Gasteiger partial charge in [0.1, 0.15) is 0 Å². The van der Waals surface area contributed by atoms with Crippen LogP contribution in [0.2, 0.25) is 0 Å². The number of fused-ring (bicyclic) bond motifs is 2. The maximum atomic E-state index is 12.0. The molecule has 0 atom stereocenters. The quantitative estimate of drug-likeness (QED) is 0.666. The third-order valence-corrected chi connectivity index (χ3v) is 4.16. The SMILES string of the molecule is Cc1cc(C2=NNC(=O)Cc3cc4c(cc32)OCO4)ccc1[N+](=O)[O-]. The molecule has 4 rings (SSSR count). The first-order chi connectivity index (χ1) is 12.0. The summed E-state index contributed by atoms with van der Waals surface area (Å²) in [7, 11) is 0. The normalized spacial score (nSPS) is 15.1. The van der Waals surface area contributed by atoms with Crippen LogP contribution in [0.3, 0.4) is 0 Å². The van der Waals surface area contributed by atoms with Crippen molar-refractivity contribution in [3.05, 3.63) is 62.7 Å². The number of nitro groups is 1. The van der Waals surface area contributed by atoms with Crippen LogP contribution in [-0.2, 0) is 11.2 Å². The Bertz CT molecular complexity index is 952. The molecule has 0 bridgehead atoms. The maximum absolute atomic E-state index is 12.0. The summed E-state index contributed by atoms with van der Waals surface area (Å²) in [5.74, 6) is 0.931. The van der Waals surface area contributed by atoms with Crippen molar-refractivity contribution in [2.24, 2.45) is 5.10 Å². The van der Waals surface area contributed by atoms with Crippen molar-refractivity contribution in [3.63, 3.8) is 0 Å². The highest BCUT2D eigenvalue weighted by Gasteiger charge is 2.25. The highest BCUT2D eigenvalue weighted by molar-refractivity contribution is 6.15. The molecule has 0 fully saturated rings. The van der Waals surface area contributed by atoms with E-state index in [1.165, 1.54) is 6.07 Å². The van der Waals surface area contributed by atoms with Gasteiger partial charge in [-0.1, -0.05) is 0 Å². The molecular weight excluding hydrogens is 326 g/mol. The van der Waals surface area contributed by atoms with Gasteiger partial charge in [0.15, 0.2) is 11.5 Å². The molecule has 2 heterocycles. The average molecular weight is 339 g/mol. The summed E-state index contributed by atoms with van der Waals surface area (Å²) in [6.07, 6.45) is 0.158. The van der Waals surface area contributed by atoms with Crippen molar-refractivity contribution in [2.75, 3.05) is 6.79 Å². The van der Waals surface area contributed by atoms with E-state index in [2.05, 4.69) is 10.5 Å². The van der Waals surface area contributed by atoms with Gasteiger partial charge < -0.3 is 9.47 Å². The molecule has 8 heteroatoms. The number of rotatable bonds is 2. The lowest BCUT2D eigenvalue weighted by Crippen LogP contribution is -2.18. The minimum absolute atomic E-state index is 0.0351. The third-order valence-electron chi connectivity index (χ3n) is 4.16. The summed E-state index contributed by atoms with van der Waals surface area (Å²) >= 11 is 0. The lowest BCUT2D eigenvalue weighted by molar-refractivity contribution is -0.385. The molecule has 0 radical (unpaired) electrons. The lowest BCUT2D eigenvalue weighted by Gasteiger charge is -2.11. The zero-order valence-corrected chi connectivity index (χ0v) is 13.2. The van der Waals surface area contributed by atoms with Crippen molar-refractivity contribution in [2.45, 2.75) is 13.3 Å². The van der Waals surface area contributed by atoms with E-state index < -0.39 is 4.92 Å². The van der Waals surface area contributed by atoms with E-state index >= 15 is 0 Å². The third kappa shape index (κ3) is 2.57. The predicted octanol–water partition coefficient (Wildman–Crippen LogP) is 2.06. The average Bonchev–Trinajstić information content (AvgIpc) is 2.95. The van der Waals surface area contributed by atoms with Crippen LogP contribution in [0.15, 0.2) is 35.4 Å². The van der Waals surface area contributed by atoms with Gasteiger partial charge in [0.05, 0.1) is 17.1 Å². The van der Waals surface area contributed by atoms with Crippen molar-refractivity contribution < 1.29 is 19.2 Å². The molecule has 2 aliphatic heterocycles. The zero-order valence-electron chi connectivity index (χ0n) is 13.2. The number of carbonyl (C=O) groups excluding carboxylic acids is 1. The summed E-state index contributed by atoms with van der Waals surface area (Å²) < 4.78 is 10.8. The highest BCUT2D eigenvalue weighted by atomic mass is 16.7. The molecule has 126 valence electrons. The first-order valence-corrected chi connectivity index (χ1v) is 7.58. The zero-order chi connectivity index (χ0) is 17.6. The van der Waals surface area contributed by atoms with Crippen LogP contribution < -0.4 is 14.9 Å². The second kappa shape index (κ2) is 5.59. The smallest absolute Gasteiger partial charge is 0.272 e. The summed E-state index contributed by atoms with van der Waals surface area (Å²) in [6.45, 7) is 1.80. The second-order valence-corrected chi connectivity index (χ2v) is 5.79. The van der Waals surface area contributed by atoms with Crippen LogP contribution in [0.25, 0.3) is 0 Å². The highest BCUT2D eigenvalue weighted by Crippen LogP contribution is 2.36. The largest absolute Gasteiger partial charge is 0.454 e. The number of hydrazone groups is 1. The standard InChI is InChI=1S/C17H13N3O5/c1-9-4-10(2-3-13(9)20(22)23)17-12-7-15-14(24-8-25-15)5-11(12)6-16(21)18-19-17/h2-5,7H,6,8H2,1H3,(H,18,21). The van der Waals surface area contributed by atoms with Gasteiger partial charge in [0.2, 0.25) is 12.7 Å². The Morgan fingerprint density at radius 2 is 1.96 bits per heavy atom. The Labute approximate surface area is 142 Å². The fourth-order valence-electron chi connectivity index (χ4n) is 2.97. The molecule has 8 nitrogen and oxygen atoms in total. The fourth-order valence-corrected chi connectivity index (χ4v) is 2.97. The number of ether oxygens (including phenoxy) is 2. The number of hydrogen-bond acceptors (Lipinski definition) is 6. The molecule has 0 aliphatic carbocycles. The molecule has 2 aliphatic rings. The Balaban J connectivity index is 1.87. The first-order valence-electron chi connectivity index (χ1n) is 7.58. The minimum Gasteiger partial charge on any atom is -0.454 e. The second-order valence-electron chi connectivity index (χ2n) is 5.79. The molecule has 0 aromatic heterocycles. The number of amides is 1. The summed E-state index contributed by atoms with van der Waals surface area (Å²) in [6, 6.07) is 8.30. The number of benzene rings is 2. The molecule has 2 aromatic rings. The van der Waals surface area contributed by atoms with Gasteiger partial charge in [-0.2, -0.15) is 5.10 Å². The number of nitro benzene ring substituents is 1. The van der Waals surface area contributed by atoms with Crippen LogP contribution in [0.1, 0.15) is 22.3 Å². The fraction of sp³-hybridized carbons (Fsp3) is 0.176. The Morgan fingerprint density at radius 1 is 1.20 bits per heavy atom. The molecule has 0 unspecified atom stereocenters. The van der Waals surface area contributed by atoms with Crippen LogP contribution in [0.5, 0.6) is 11.5 Å². The van der Waals surface area contributed by atoms with Gasteiger partial charge in [0, 0.05) is 22.8 Å². The molecule has 0 spiro atoms. The van der Waals surface area contributed by atoms with Gasteiger partial charge in [-0.15, -0.1) is 0 Å². The molecule has 1 N–H and O–H groups in total. The monoisotopic (exact) mass is 339 g/mol. The van der Waals surface area contributed by atoms with Crippen molar-refractivity contribution in [1.82, 2.24) is 5.43 Å². The van der Waals surface area contributed by atoms with Crippen LogP contribution >= 0.6 is 0 Å². The first kappa shape index (κ1) is 15.1. The van der Waals surface area contributed by atoms with Crippen molar-refractivity contribution >= 4 is 17.3 Å². The summed E-state index contributed by atoms with van der Waals surface area (Å²) in [4.78, 5) is 22.5. The van der Waals surface area contributed by atoms with Gasteiger partial charge in [-0.05, 0) is 36.8 Å². The maximum Gasteiger partial charge on any atom is 0.272 e. The number of carbonyl (C=O) groups is 1. The summed E-state index contributed by atoms with van der Waals surface area (Å²) in [5.41, 5.74) is 5.74. The van der Waals surface area contributed by atoms with Crippen LogP contribution in [-0.4, -0.2) is 23.3 Å². The van der Waals surface area contributed by atoms with E-state index in [1.54, 1.807) is 31.2 Å². The topological polar surface area (TPSA) is 103 Å². The molecule has 25 heavy (non-hydrogen) atoms. The minimum atomic E-state index is -0.429. The van der Waals surface area contributed by atoms with Gasteiger partial charge >= 0.3 is 0 Å². The van der Waals surface area contributed by atoms with Gasteiger partial charge in [-0.3, -0.25) is 14.9 Å². The number of aryl methyl sites for hydroxylation is 1. The van der Waals surface area contributed by atoms with Gasteiger partial charge in [0.25, 0.3) is 5.69 Å². The Morgan fingerprint density at radius 3 is 2.68 bits per heavy atom. The van der Waals surface area contributed by atoms with E-state index in [-0.39, 0.29) is 24.8 Å². The number of nitrogens with zero attached hydrogens (tertiary/aromatic N) is 2. The van der Waals surface area contributed by atoms with Crippen molar-refractivity contribution in [3.8, 4) is 11.5 Å². The molecule has 0 saturated heterocycles. The lowest BCUT2D eigenvalue weighted by atomic mass is 9.94. The number of hydrogen-bond donors (Lipinski definition) is 1. The van der Waals surface area contributed by atoms with Crippen LogP contribution in [0, 0.1) is 17.0 Å².